The Morgan fingerprint density at radius 3 is 2.32 bits per heavy atom. The van der Waals surface area contributed by atoms with Crippen molar-refractivity contribution in [3.05, 3.63) is 89.0 Å². The fourth-order valence-corrected chi connectivity index (χ4v) is 2.74. The van der Waals surface area contributed by atoms with E-state index in [-0.39, 0.29) is 11.6 Å². The van der Waals surface area contributed by atoms with E-state index in [2.05, 4.69) is 5.92 Å². The molecule has 0 fully saturated rings. The summed E-state index contributed by atoms with van der Waals surface area (Å²) in [4.78, 5) is 12.3. The van der Waals surface area contributed by atoms with Crippen molar-refractivity contribution in [2.75, 3.05) is 0 Å². The van der Waals surface area contributed by atoms with Gasteiger partial charge in [-0.2, -0.15) is 0 Å². The monoisotopic (exact) mass is 376 g/mol. The molecule has 0 saturated carbocycles. The number of terminal acetylenes is 1. The molecular formula is C24H18F2O2. The summed E-state index contributed by atoms with van der Waals surface area (Å²) in [6, 6.07) is 15.8. The average Bonchev–Trinajstić information content (AvgIpc) is 2.69. The van der Waals surface area contributed by atoms with Crippen LogP contribution in [0.3, 0.4) is 0 Å². The zero-order valence-corrected chi connectivity index (χ0v) is 15.3. The quantitative estimate of drug-likeness (QED) is 0.323. The van der Waals surface area contributed by atoms with Gasteiger partial charge in [0.2, 0.25) is 0 Å². The summed E-state index contributed by atoms with van der Waals surface area (Å²) in [6.07, 6.45) is 6.05. The first kappa shape index (κ1) is 19.3. The Bertz CT molecular complexity index is 1050. The molecule has 0 aliphatic carbocycles. The second-order valence-corrected chi connectivity index (χ2v) is 6.39. The maximum Gasteiger partial charge on any atom is 0.343 e. The minimum atomic E-state index is -0.600. The van der Waals surface area contributed by atoms with Crippen LogP contribution >= 0.6 is 0 Å². The fraction of sp³-hybridized carbons (Fsp3) is 0.125. The third-order valence-electron chi connectivity index (χ3n) is 4.40. The molecular weight excluding hydrogens is 358 g/mol. The smallest absolute Gasteiger partial charge is 0.343 e. The molecule has 140 valence electrons. The number of aryl methyl sites for hydroxylation is 2. The molecule has 0 aromatic heterocycles. The van der Waals surface area contributed by atoms with Gasteiger partial charge in [0, 0.05) is 12.5 Å². The SMILES string of the molecule is C#CCCc1ccc(OC(=O)c2ccc(-c3ccc(C)c(F)c3)cc2)cc1F. The van der Waals surface area contributed by atoms with E-state index in [1.165, 1.54) is 18.2 Å². The first-order chi connectivity index (χ1) is 13.5. The molecule has 0 unspecified atom stereocenters. The molecule has 28 heavy (non-hydrogen) atoms. The van der Waals surface area contributed by atoms with Crippen LogP contribution in [0, 0.1) is 30.9 Å². The second kappa shape index (κ2) is 8.49. The molecule has 0 aliphatic heterocycles. The van der Waals surface area contributed by atoms with Gasteiger partial charge < -0.3 is 4.74 Å². The van der Waals surface area contributed by atoms with Gasteiger partial charge in [-0.25, -0.2) is 13.6 Å². The molecule has 0 aliphatic rings. The molecule has 3 rings (SSSR count). The van der Waals surface area contributed by atoms with E-state index < -0.39 is 11.8 Å². The number of ether oxygens (including phenoxy) is 1. The Kier molecular flexibility index (Phi) is 5.86. The number of hydrogen-bond donors (Lipinski definition) is 0. The summed E-state index contributed by atoms with van der Waals surface area (Å²) < 4.78 is 33.0. The molecule has 3 aromatic carbocycles. The topological polar surface area (TPSA) is 26.3 Å². The van der Waals surface area contributed by atoms with E-state index >= 15 is 0 Å². The predicted molar refractivity (Wildman–Crippen MR) is 105 cm³/mol. The van der Waals surface area contributed by atoms with Crippen LogP contribution in [0.2, 0.25) is 0 Å². The lowest BCUT2D eigenvalue weighted by atomic mass is 10.0. The molecule has 0 radical (unpaired) electrons. The molecule has 0 N–H and O–H groups in total. The van der Waals surface area contributed by atoms with Crippen molar-refractivity contribution in [1.82, 2.24) is 0 Å². The Morgan fingerprint density at radius 2 is 1.68 bits per heavy atom. The summed E-state index contributed by atoms with van der Waals surface area (Å²) in [6.45, 7) is 1.70. The van der Waals surface area contributed by atoms with Crippen LogP contribution in [0.5, 0.6) is 5.75 Å². The highest BCUT2D eigenvalue weighted by Gasteiger charge is 2.11. The van der Waals surface area contributed by atoms with E-state index in [0.29, 0.717) is 35.1 Å². The fourth-order valence-electron chi connectivity index (χ4n) is 2.74. The maximum absolute atomic E-state index is 14.0. The summed E-state index contributed by atoms with van der Waals surface area (Å²) in [5, 5.41) is 0. The first-order valence-electron chi connectivity index (χ1n) is 8.78. The van der Waals surface area contributed by atoms with E-state index in [0.717, 1.165) is 5.56 Å². The first-order valence-corrected chi connectivity index (χ1v) is 8.78. The number of carbonyl (C=O) groups is 1. The normalized spacial score (nSPS) is 10.4. The second-order valence-electron chi connectivity index (χ2n) is 6.39. The van der Waals surface area contributed by atoms with E-state index in [4.69, 9.17) is 11.2 Å². The van der Waals surface area contributed by atoms with Crippen LogP contribution in [0.4, 0.5) is 8.78 Å². The van der Waals surface area contributed by atoms with Crippen molar-refractivity contribution in [2.24, 2.45) is 0 Å². The highest BCUT2D eigenvalue weighted by Crippen LogP contribution is 2.23. The van der Waals surface area contributed by atoms with Crippen molar-refractivity contribution < 1.29 is 18.3 Å². The minimum absolute atomic E-state index is 0.122. The van der Waals surface area contributed by atoms with Crippen LogP contribution in [-0.4, -0.2) is 5.97 Å². The van der Waals surface area contributed by atoms with Crippen molar-refractivity contribution >= 4 is 5.97 Å². The van der Waals surface area contributed by atoms with Gasteiger partial charge in [0.1, 0.15) is 17.4 Å². The van der Waals surface area contributed by atoms with Crippen LogP contribution < -0.4 is 4.74 Å². The van der Waals surface area contributed by atoms with Crippen LogP contribution in [0.15, 0.2) is 60.7 Å². The van der Waals surface area contributed by atoms with Crippen LogP contribution in [-0.2, 0) is 6.42 Å². The van der Waals surface area contributed by atoms with Gasteiger partial charge >= 0.3 is 5.97 Å². The molecule has 0 bridgehead atoms. The Morgan fingerprint density at radius 1 is 0.964 bits per heavy atom. The molecule has 4 heteroatoms. The Hall–Kier alpha value is -3.45. The average molecular weight is 376 g/mol. The third kappa shape index (κ3) is 4.44. The molecule has 0 atom stereocenters. The largest absolute Gasteiger partial charge is 0.423 e. The lowest BCUT2D eigenvalue weighted by Crippen LogP contribution is -2.08. The maximum atomic E-state index is 14.0. The number of carbonyl (C=O) groups excluding carboxylic acids is 1. The Balaban J connectivity index is 1.72. The van der Waals surface area contributed by atoms with Gasteiger partial charge in [-0.1, -0.05) is 30.3 Å². The van der Waals surface area contributed by atoms with Crippen LogP contribution in [0.1, 0.15) is 27.9 Å². The molecule has 0 amide bonds. The molecule has 2 nitrogen and oxygen atoms in total. The van der Waals surface area contributed by atoms with Crippen molar-refractivity contribution in [3.8, 4) is 29.2 Å². The number of esters is 1. The zero-order chi connectivity index (χ0) is 20.1. The van der Waals surface area contributed by atoms with Crippen LogP contribution in [0.25, 0.3) is 11.1 Å². The summed E-state index contributed by atoms with van der Waals surface area (Å²) in [5.74, 6) is 1.24. The van der Waals surface area contributed by atoms with Gasteiger partial charge in [0.15, 0.2) is 0 Å². The van der Waals surface area contributed by atoms with Gasteiger partial charge in [-0.15, -0.1) is 12.3 Å². The minimum Gasteiger partial charge on any atom is -0.423 e. The lowest BCUT2D eigenvalue weighted by Gasteiger charge is -2.08. The van der Waals surface area contributed by atoms with Gasteiger partial charge in [-0.3, -0.25) is 0 Å². The molecule has 3 aromatic rings. The van der Waals surface area contributed by atoms with E-state index in [1.54, 1.807) is 43.3 Å². The van der Waals surface area contributed by atoms with Crippen molar-refractivity contribution in [3.63, 3.8) is 0 Å². The van der Waals surface area contributed by atoms with E-state index in [9.17, 15) is 13.6 Å². The van der Waals surface area contributed by atoms with Crippen molar-refractivity contribution in [2.45, 2.75) is 19.8 Å². The number of halogens is 2. The predicted octanol–water partition coefficient (Wildman–Crippen LogP) is 5.73. The van der Waals surface area contributed by atoms with Gasteiger partial charge in [0.05, 0.1) is 5.56 Å². The number of rotatable bonds is 5. The van der Waals surface area contributed by atoms with E-state index in [1.807, 2.05) is 6.07 Å². The number of benzene rings is 3. The lowest BCUT2D eigenvalue weighted by molar-refractivity contribution is 0.0734. The van der Waals surface area contributed by atoms with Gasteiger partial charge in [0.25, 0.3) is 0 Å². The standard InChI is InChI=1S/C24H18F2O2/c1-3-4-5-18-12-13-21(15-23(18)26)28-24(27)19-10-8-17(9-11-19)20-7-6-16(2)22(25)14-20/h1,6-15H,4-5H2,2H3. The summed E-state index contributed by atoms with van der Waals surface area (Å²) in [5.41, 5.74) is 2.86. The molecule has 0 saturated heterocycles. The molecule has 0 heterocycles. The number of hydrogen-bond acceptors (Lipinski definition) is 2. The Labute approximate surface area is 162 Å². The highest BCUT2D eigenvalue weighted by molar-refractivity contribution is 5.91. The van der Waals surface area contributed by atoms with Gasteiger partial charge in [-0.05, 0) is 59.9 Å². The molecule has 0 spiro atoms. The highest BCUT2D eigenvalue weighted by atomic mass is 19.1. The van der Waals surface area contributed by atoms with Crippen molar-refractivity contribution in [1.29, 1.82) is 0 Å². The summed E-state index contributed by atoms with van der Waals surface area (Å²) in [7, 11) is 0. The summed E-state index contributed by atoms with van der Waals surface area (Å²) >= 11 is 0. The third-order valence-corrected chi connectivity index (χ3v) is 4.40. The zero-order valence-electron chi connectivity index (χ0n) is 15.3.